The fraction of sp³-hybridized carbons (Fsp3) is 0.250. The highest BCUT2D eigenvalue weighted by Crippen LogP contribution is 2.09. The van der Waals surface area contributed by atoms with Gasteiger partial charge in [-0.05, 0) is 18.2 Å². The molecule has 0 radical (unpaired) electrons. The number of amides is 1. The number of carbonyl (C=O) groups is 1. The van der Waals surface area contributed by atoms with E-state index in [0.29, 0.717) is 5.56 Å². The number of hydrogen-bond acceptors (Lipinski definition) is 3. The lowest BCUT2D eigenvalue weighted by atomic mass is 10.1. The summed E-state index contributed by atoms with van der Waals surface area (Å²) >= 11 is 0. The molecule has 5 heteroatoms. The highest BCUT2D eigenvalue weighted by molar-refractivity contribution is 5.94. The van der Waals surface area contributed by atoms with Crippen LogP contribution in [0.5, 0.6) is 0 Å². The molecule has 4 nitrogen and oxygen atoms in total. The van der Waals surface area contributed by atoms with Crippen molar-refractivity contribution in [3.05, 3.63) is 35.1 Å². The third-order valence-electron chi connectivity index (χ3n) is 1.87. The Morgan fingerprint density at radius 1 is 1.53 bits per heavy atom. The Hall–Kier alpha value is -1.90. The Morgan fingerprint density at radius 3 is 2.76 bits per heavy atom. The summed E-state index contributed by atoms with van der Waals surface area (Å²) in [4.78, 5) is 11.6. The molecule has 0 aromatic heterocycles. The van der Waals surface area contributed by atoms with Crippen molar-refractivity contribution < 1.29 is 9.18 Å². The molecule has 0 aliphatic carbocycles. The van der Waals surface area contributed by atoms with Gasteiger partial charge in [-0.15, -0.1) is 0 Å². The fourth-order valence-corrected chi connectivity index (χ4v) is 1.19. The molecule has 0 saturated heterocycles. The van der Waals surface area contributed by atoms with E-state index in [4.69, 9.17) is 5.73 Å². The van der Waals surface area contributed by atoms with E-state index in [9.17, 15) is 9.18 Å². The standard InChI is InChI=1S/C12H14FN3O/c1-16(2)15-12(17)10-6-5-9(4-3-7-14)8-11(10)13/h5-6,8H,7,14H2,1-2H3,(H,15,17). The SMILES string of the molecule is CN(C)NC(=O)c1ccc(C#CCN)cc1F. The molecule has 0 heterocycles. The van der Waals surface area contributed by atoms with Crippen LogP contribution >= 0.6 is 0 Å². The largest absolute Gasteiger partial charge is 0.320 e. The molecule has 1 amide bonds. The first-order valence-corrected chi connectivity index (χ1v) is 5.01. The van der Waals surface area contributed by atoms with Gasteiger partial charge < -0.3 is 5.73 Å². The molecule has 0 bridgehead atoms. The van der Waals surface area contributed by atoms with E-state index in [-0.39, 0.29) is 12.1 Å². The second-order valence-electron chi connectivity index (χ2n) is 3.54. The Balaban J connectivity index is 2.93. The van der Waals surface area contributed by atoms with Crippen LogP contribution in [0.3, 0.4) is 0 Å². The van der Waals surface area contributed by atoms with Gasteiger partial charge in [0, 0.05) is 19.7 Å². The van der Waals surface area contributed by atoms with Crippen LogP contribution in [0.1, 0.15) is 15.9 Å². The van der Waals surface area contributed by atoms with E-state index >= 15 is 0 Å². The minimum atomic E-state index is -0.604. The summed E-state index contributed by atoms with van der Waals surface area (Å²) in [5, 5.41) is 1.45. The van der Waals surface area contributed by atoms with Crippen LogP contribution in [0.25, 0.3) is 0 Å². The lowest BCUT2D eigenvalue weighted by Crippen LogP contribution is -2.36. The molecule has 17 heavy (non-hydrogen) atoms. The van der Waals surface area contributed by atoms with E-state index in [1.54, 1.807) is 20.2 Å². The molecule has 90 valence electrons. The van der Waals surface area contributed by atoms with Crippen LogP contribution in [-0.4, -0.2) is 31.6 Å². The maximum Gasteiger partial charge on any atom is 0.268 e. The van der Waals surface area contributed by atoms with Gasteiger partial charge in [-0.1, -0.05) is 11.8 Å². The third-order valence-corrected chi connectivity index (χ3v) is 1.87. The van der Waals surface area contributed by atoms with Gasteiger partial charge in [0.05, 0.1) is 12.1 Å². The normalized spacial score (nSPS) is 9.71. The third kappa shape index (κ3) is 3.87. The average Bonchev–Trinajstić information content (AvgIpc) is 2.25. The molecule has 1 aromatic carbocycles. The maximum atomic E-state index is 13.6. The van der Waals surface area contributed by atoms with E-state index in [1.165, 1.54) is 17.1 Å². The van der Waals surface area contributed by atoms with E-state index in [2.05, 4.69) is 17.3 Å². The molecule has 0 aliphatic rings. The van der Waals surface area contributed by atoms with Gasteiger partial charge in [-0.2, -0.15) is 0 Å². The number of nitrogens with zero attached hydrogens (tertiary/aromatic N) is 1. The van der Waals surface area contributed by atoms with Crippen molar-refractivity contribution in [3.8, 4) is 11.8 Å². The minimum Gasteiger partial charge on any atom is -0.320 e. The van der Waals surface area contributed by atoms with Gasteiger partial charge in [0.25, 0.3) is 5.91 Å². The monoisotopic (exact) mass is 235 g/mol. The first kappa shape index (κ1) is 13.2. The molecule has 0 saturated carbocycles. The van der Waals surface area contributed by atoms with Crippen molar-refractivity contribution >= 4 is 5.91 Å². The van der Waals surface area contributed by atoms with Crippen LogP contribution in [-0.2, 0) is 0 Å². The van der Waals surface area contributed by atoms with Crippen molar-refractivity contribution in [2.75, 3.05) is 20.6 Å². The Kier molecular flexibility index (Phi) is 4.64. The van der Waals surface area contributed by atoms with Crippen LogP contribution in [0.15, 0.2) is 18.2 Å². The number of hydrazine groups is 1. The molecule has 1 aromatic rings. The maximum absolute atomic E-state index is 13.6. The van der Waals surface area contributed by atoms with Gasteiger partial charge in [-0.25, -0.2) is 9.40 Å². The summed E-state index contributed by atoms with van der Waals surface area (Å²) in [5.41, 5.74) is 8.15. The minimum absolute atomic E-state index is 0.0167. The van der Waals surface area contributed by atoms with Gasteiger partial charge >= 0.3 is 0 Å². The molecule has 1 rings (SSSR count). The molecule has 3 N–H and O–H groups in total. The lowest BCUT2D eigenvalue weighted by molar-refractivity contribution is 0.0852. The van der Waals surface area contributed by atoms with E-state index in [1.807, 2.05) is 0 Å². The Labute approximate surface area is 99.6 Å². The van der Waals surface area contributed by atoms with Crippen LogP contribution in [0.4, 0.5) is 4.39 Å². The summed E-state index contributed by atoms with van der Waals surface area (Å²) in [5.74, 6) is 4.21. The highest BCUT2D eigenvalue weighted by Gasteiger charge is 2.11. The predicted octanol–water partition coefficient (Wildman–Crippen LogP) is 0.342. The quantitative estimate of drug-likeness (QED) is 0.574. The van der Waals surface area contributed by atoms with E-state index < -0.39 is 11.7 Å². The average molecular weight is 235 g/mol. The zero-order valence-electron chi connectivity index (χ0n) is 9.75. The second-order valence-corrected chi connectivity index (χ2v) is 3.54. The fourth-order valence-electron chi connectivity index (χ4n) is 1.19. The van der Waals surface area contributed by atoms with E-state index in [0.717, 1.165) is 0 Å². The first-order valence-electron chi connectivity index (χ1n) is 5.01. The van der Waals surface area contributed by atoms with Crippen LogP contribution in [0.2, 0.25) is 0 Å². The zero-order chi connectivity index (χ0) is 12.8. The number of carbonyl (C=O) groups excluding carboxylic acids is 1. The van der Waals surface area contributed by atoms with Gasteiger partial charge in [0.15, 0.2) is 0 Å². The summed E-state index contributed by atoms with van der Waals surface area (Å²) in [6.07, 6.45) is 0. The summed E-state index contributed by atoms with van der Waals surface area (Å²) in [6, 6.07) is 4.19. The number of hydrogen-bond donors (Lipinski definition) is 2. The summed E-state index contributed by atoms with van der Waals surface area (Å²) in [7, 11) is 3.30. The molecule has 0 spiro atoms. The van der Waals surface area contributed by atoms with Crippen molar-refractivity contribution in [2.24, 2.45) is 5.73 Å². The molecule has 0 atom stereocenters. The first-order chi connectivity index (χ1) is 8.04. The van der Waals surface area contributed by atoms with Crippen LogP contribution in [0, 0.1) is 17.7 Å². The van der Waals surface area contributed by atoms with Crippen molar-refractivity contribution in [3.63, 3.8) is 0 Å². The molecule has 0 fully saturated rings. The Bertz CT molecular complexity index is 474. The number of rotatable bonds is 2. The van der Waals surface area contributed by atoms with Gasteiger partial charge in [0.2, 0.25) is 0 Å². The molecular weight excluding hydrogens is 221 g/mol. The molecule has 0 unspecified atom stereocenters. The van der Waals surface area contributed by atoms with Crippen molar-refractivity contribution in [1.82, 2.24) is 10.4 Å². The number of halogens is 1. The summed E-state index contributed by atoms with van der Waals surface area (Å²) < 4.78 is 13.6. The number of nitrogens with two attached hydrogens (primary N) is 1. The van der Waals surface area contributed by atoms with Crippen molar-refractivity contribution in [1.29, 1.82) is 0 Å². The Morgan fingerprint density at radius 2 is 2.24 bits per heavy atom. The smallest absolute Gasteiger partial charge is 0.268 e. The van der Waals surface area contributed by atoms with Gasteiger partial charge in [0.1, 0.15) is 5.82 Å². The second kappa shape index (κ2) is 5.99. The topological polar surface area (TPSA) is 58.4 Å². The highest BCUT2D eigenvalue weighted by atomic mass is 19.1. The zero-order valence-corrected chi connectivity index (χ0v) is 9.75. The number of nitrogens with one attached hydrogen (secondary N) is 1. The predicted molar refractivity (Wildman–Crippen MR) is 63.5 cm³/mol. The summed E-state index contributed by atoms with van der Waals surface area (Å²) in [6.45, 7) is 0.213. The molecular formula is C12H14FN3O. The van der Waals surface area contributed by atoms with Gasteiger partial charge in [-0.3, -0.25) is 10.2 Å². The van der Waals surface area contributed by atoms with Crippen LogP contribution < -0.4 is 11.2 Å². The lowest BCUT2D eigenvalue weighted by Gasteiger charge is -2.12. The molecule has 0 aliphatic heterocycles. The van der Waals surface area contributed by atoms with Crippen molar-refractivity contribution in [2.45, 2.75) is 0 Å². The number of benzene rings is 1.